The SMILES string of the molecule is CCc1nc(Br)cc(NCCCOC)n1. The third-order valence-electron chi connectivity index (χ3n) is 1.89. The van der Waals surface area contributed by atoms with Gasteiger partial charge in [0.05, 0.1) is 0 Å². The number of nitrogens with one attached hydrogen (secondary N) is 1. The van der Waals surface area contributed by atoms with E-state index in [1.165, 1.54) is 0 Å². The molecule has 84 valence electrons. The lowest BCUT2D eigenvalue weighted by Gasteiger charge is -2.06. The van der Waals surface area contributed by atoms with Gasteiger partial charge in [0.1, 0.15) is 16.2 Å². The van der Waals surface area contributed by atoms with Gasteiger partial charge in [0, 0.05) is 32.7 Å². The zero-order valence-corrected chi connectivity index (χ0v) is 10.7. The second kappa shape index (κ2) is 6.74. The van der Waals surface area contributed by atoms with Crippen LogP contribution in [-0.4, -0.2) is 30.2 Å². The van der Waals surface area contributed by atoms with Crippen molar-refractivity contribution in [2.24, 2.45) is 0 Å². The summed E-state index contributed by atoms with van der Waals surface area (Å²) >= 11 is 3.36. The molecular formula is C10H16BrN3O. The second-order valence-electron chi connectivity index (χ2n) is 3.12. The molecule has 0 aromatic carbocycles. The predicted molar refractivity (Wildman–Crippen MR) is 64.1 cm³/mol. The maximum absolute atomic E-state index is 4.97. The van der Waals surface area contributed by atoms with Gasteiger partial charge in [-0.3, -0.25) is 0 Å². The Kier molecular flexibility index (Phi) is 5.57. The van der Waals surface area contributed by atoms with Crippen LogP contribution in [0.25, 0.3) is 0 Å². The molecule has 0 aliphatic heterocycles. The Hall–Kier alpha value is -0.680. The van der Waals surface area contributed by atoms with Crippen LogP contribution in [-0.2, 0) is 11.2 Å². The highest BCUT2D eigenvalue weighted by molar-refractivity contribution is 9.10. The zero-order valence-electron chi connectivity index (χ0n) is 9.09. The standard InChI is InChI=1S/C10H16BrN3O/c1-3-9-13-8(11)7-10(14-9)12-5-4-6-15-2/h7H,3-6H2,1-2H3,(H,12,13,14). The fraction of sp³-hybridized carbons (Fsp3) is 0.600. The van der Waals surface area contributed by atoms with Crippen molar-refractivity contribution in [1.82, 2.24) is 9.97 Å². The molecule has 0 amide bonds. The van der Waals surface area contributed by atoms with Gasteiger partial charge in [0.25, 0.3) is 0 Å². The lowest BCUT2D eigenvalue weighted by molar-refractivity contribution is 0.197. The molecule has 1 aromatic rings. The molecule has 0 spiro atoms. The van der Waals surface area contributed by atoms with E-state index in [9.17, 15) is 0 Å². The number of nitrogens with zero attached hydrogens (tertiary/aromatic N) is 2. The Morgan fingerprint density at radius 2 is 2.27 bits per heavy atom. The van der Waals surface area contributed by atoms with Gasteiger partial charge < -0.3 is 10.1 Å². The Morgan fingerprint density at radius 1 is 1.47 bits per heavy atom. The molecule has 15 heavy (non-hydrogen) atoms. The molecule has 0 radical (unpaired) electrons. The van der Waals surface area contributed by atoms with Crippen LogP contribution in [0.2, 0.25) is 0 Å². The minimum absolute atomic E-state index is 0.764. The first-order valence-corrected chi connectivity index (χ1v) is 5.81. The third-order valence-corrected chi connectivity index (χ3v) is 2.30. The van der Waals surface area contributed by atoms with Crippen LogP contribution in [0.4, 0.5) is 5.82 Å². The van der Waals surface area contributed by atoms with E-state index in [0.29, 0.717) is 0 Å². The Balaban J connectivity index is 2.49. The molecule has 0 aliphatic carbocycles. The fourth-order valence-electron chi connectivity index (χ4n) is 1.15. The molecule has 0 unspecified atom stereocenters. The van der Waals surface area contributed by atoms with Crippen molar-refractivity contribution in [3.05, 3.63) is 16.5 Å². The molecule has 0 saturated heterocycles. The predicted octanol–water partition coefficient (Wildman–Crippen LogP) is 2.25. The van der Waals surface area contributed by atoms with E-state index in [1.807, 2.05) is 13.0 Å². The van der Waals surface area contributed by atoms with Crippen molar-refractivity contribution >= 4 is 21.7 Å². The zero-order chi connectivity index (χ0) is 11.1. The summed E-state index contributed by atoms with van der Waals surface area (Å²) in [5.74, 6) is 1.71. The molecule has 1 heterocycles. The first-order chi connectivity index (χ1) is 7.26. The fourth-order valence-corrected chi connectivity index (χ4v) is 1.57. The van der Waals surface area contributed by atoms with Gasteiger partial charge in [0.15, 0.2) is 0 Å². The third kappa shape index (κ3) is 4.57. The molecule has 5 heteroatoms. The molecule has 1 N–H and O–H groups in total. The van der Waals surface area contributed by atoms with E-state index >= 15 is 0 Å². The molecule has 0 atom stereocenters. The average Bonchev–Trinajstić information content (AvgIpc) is 2.23. The van der Waals surface area contributed by atoms with Gasteiger partial charge in [-0.15, -0.1) is 0 Å². The summed E-state index contributed by atoms with van der Waals surface area (Å²) in [6.45, 7) is 3.66. The number of hydrogen-bond donors (Lipinski definition) is 1. The number of aryl methyl sites for hydroxylation is 1. The lowest BCUT2D eigenvalue weighted by atomic mass is 10.4. The van der Waals surface area contributed by atoms with E-state index in [4.69, 9.17) is 4.74 Å². The van der Waals surface area contributed by atoms with E-state index in [-0.39, 0.29) is 0 Å². The van der Waals surface area contributed by atoms with E-state index in [0.717, 1.165) is 42.2 Å². The van der Waals surface area contributed by atoms with Crippen LogP contribution < -0.4 is 5.32 Å². The summed E-state index contributed by atoms with van der Waals surface area (Å²) in [4.78, 5) is 8.59. The molecular weight excluding hydrogens is 258 g/mol. The van der Waals surface area contributed by atoms with E-state index in [1.54, 1.807) is 7.11 Å². The first-order valence-electron chi connectivity index (χ1n) is 5.02. The number of rotatable bonds is 6. The highest BCUT2D eigenvalue weighted by atomic mass is 79.9. The normalized spacial score (nSPS) is 10.3. The quantitative estimate of drug-likeness (QED) is 0.638. The maximum Gasteiger partial charge on any atom is 0.131 e. The first kappa shape index (κ1) is 12.4. The molecule has 0 aliphatic rings. The van der Waals surface area contributed by atoms with Crippen molar-refractivity contribution in [2.45, 2.75) is 19.8 Å². The summed E-state index contributed by atoms with van der Waals surface area (Å²) < 4.78 is 5.79. The van der Waals surface area contributed by atoms with Gasteiger partial charge in [0.2, 0.25) is 0 Å². The van der Waals surface area contributed by atoms with Crippen LogP contribution in [0.5, 0.6) is 0 Å². The van der Waals surface area contributed by atoms with Crippen molar-refractivity contribution in [1.29, 1.82) is 0 Å². The van der Waals surface area contributed by atoms with Gasteiger partial charge in [-0.25, -0.2) is 9.97 Å². The molecule has 1 rings (SSSR count). The minimum Gasteiger partial charge on any atom is -0.385 e. The van der Waals surface area contributed by atoms with Crippen molar-refractivity contribution in [2.75, 3.05) is 25.6 Å². The minimum atomic E-state index is 0.764. The number of halogens is 1. The Labute approximate surface area is 98.6 Å². The van der Waals surface area contributed by atoms with Crippen LogP contribution in [0.15, 0.2) is 10.7 Å². The summed E-state index contributed by atoms with van der Waals surface area (Å²) in [6.07, 6.45) is 1.81. The second-order valence-corrected chi connectivity index (χ2v) is 3.93. The van der Waals surface area contributed by atoms with Crippen LogP contribution in [0.3, 0.4) is 0 Å². The summed E-state index contributed by atoms with van der Waals surface area (Å²) in [5.41, 5.74) is 0. The van der Waals surface area contributed by atoms with E-state index in [2.05, 4.69) is 31.2 Å². The molecule has 1 aromatic heterocycles. The summed E-state index contributed by atoms with van der Waals surface area (Å²) in [5, 5.41) is 3.23. The van der Waals surface area contributed by atoms with Crippen LogP contribution in [0.1, 0.15) is 19.2 Å². The topological polar surface area (TPSA) is 47.0 Å². The van der Waals surface area contributed by atoms with Crippen LogP contribution >= 0.6 is 15.9 Å². The maximum atomic E-state index is 4.97. The molecule has 0 bridgehead atoms. The summed E-state index contributed by atoms with van der Waals surface area (Å²) in [6, 6.07) is 1.88. The van der Waals surface area contributed by atoms with Gasteiger partial charge >= 0.3 is 0 Å². The van der Waals surface area contributed by atoms with Crippen molar-refractivity contribution in [3.63, 3.8) is 0 Å². The number of methoxy groups -OCH3 is 1. The largest absolute Gasteiger partial charge is 0.385 e. The smallest absolute Gasteiger partial charge is 0.131 e. The van der Waals surface area contributed by atoms with Crippen molar-refractivity contribution < 1.29 is 4.74 Å². The summed E-state index contributed by atoms with van der Waals surface area (Å²) in [7, 11) is 1.70. The number of hydrogen-bond acceptors (Lipinski definition) is 4. The van der Waals surface area contributed by atoms with Gasteiger partial charge in [-0.05, 0) is 22.4 Å². The number of ether oxygens (including phenoxy) is 1. The van der Waals surface area contributed by atoms with Gasteiger partial charge in [-0.1, -0.05) is 6.92 Å². The lowest BCUT2D eigenvalue weighted by Crippen LogP contribution is -2.07. The Morgan fingerprint density at radius 3 is 2.93 bits per heavy atom. The number of aromatic nitrogens is 2. The van der Waals surface area contributed by atoms with E-state index < -0.39 is 0 Å². The Bertz CT molecular complexity index is 307. The number of anilines is 1. The highest BCUT2D eigenvalue weighted by Crippen LogP contribution is 2.12. The molecule has 0 fully saturated rings. The molecule has 0 saturated carbocycles. The van der Waals surface area contributed by atoms with Crippen molar-refractivity contribution in [3.8, 4) is 0 Å². The van der Waals surface area contributed by atoms with Crippen LogP contribution in [0, 0.1) is 0 Å². The monoisotopic (exact) mass is 273 g/mol. The highest BCUT2D eigenvalue weighted by Gasteiger charge is 2.00. The molecule has 4 nitrogen and oxygen atoms in total. The average molecular weight is 274 g/mol. The van der Waals surface area contributed by atoms with Gasteiger partial charge in [-0.2, -0.15) is 0 Å².